The van der Waals surface area contributed by atoms with Gasteiger partial charge in [-0.2, -0.15) is 0 Å². The molecule has 0 bridgehead atoms. The van der Waals surface area contributed by atoms with Gasteiger partial charge in [0.2, 0.25) is 0 Å². The zero-order valence-corrected chi connectivity index (χ0v) is 26.3. The monoisotopic (exact) mass is 591 g/mol. The smallest absolute Gasteiger partial charge is 0.320 e. The van der Waals surface area contributed by atoms with Gasteiger partial charge in [0.25, 0.3) is 5.91 Å². The summed E-state index contributed by atoms with van der Waals surface area (Å²) in [5.74, 6) is 0.361. The van der Waals surface area contributed by atoms with Crippen LogP contribution in [-0.2, 0) is 27.4 Å². The molecule has 1 aliphatic heterocycles. The van der Waals surface area contributed by atoms with Crippen molar-refractivity contribution in [2.75, 3.05) is 44.5 Å². The number of hydrogen-bond donors (Lipinski definition) is 1. The molecule has 1 unspecified atom stereocenters. The van der Waals surface area contributed by atoms with Crippen LogP contribution in [0.1, 0.15) is 44.4 Å². The van der Waals surface area contributed by atoms with Crippen LogP contribution in [0.4, 0.5) is 15.8 Å². The molecule has 3 aromatic carbocycles. The number of esters is 1. The molecule has 230 valence electrons. The zero-order chi connectivity index (χ0) is 31.5. The molecule has 43 heavy (non-hydrogen) atoms. The van der Waals surface area contributed by atoms with Gasteiger partial charge in [-0.05, 0) is 94.7 Å². The Balaban J connectivity index is 1.69. The summed E-state index contributed by atoms with van der Waals surface area (Å²) in [5, 5.41) is 3.38. The van der Waals surface area contributed by atoms with Crippen molar-refractivity contribution in [2.24, 2.45) is 0 Å². The summed E-state index contributed by atoms with van der Waals surface area (Å²) in [6.07, 6.45) is 0.318. The van der Waals surface area contributed by atoms with Gasteiger partial charge in [0.1, 0.15) is 42.2 Å². The van der Waals surface area contributed by atoms with E-state index in [9.17, 15) is 14.0 Å². The standard InChI is InChI=1S/C34H42FN3O5/c1-9-23-16-25(41-19-22(3)43-31(39)18-37(6)7)12-13-26(23)27-14-15-29-32(38(8)33(40)34(4,5)36-29)28(27)20-42-30-17-24(35)11-10-21(30)2/h10-17,22,36H,9,18-20H2,1-8H3. The fourth-order valence-electron chi connectivity index (χ4n) is 5.29. The van der Waals surface area contributed by atoms with Gasteiger partial charge in [-0.15, -0.1) is 0 Å². The SMILES string of the molecule is CCc1cc(OCC(C)OC(=O)CN(C)C)ccc1-c1ccc2c(c1COc1cc(F)ccc1C)N(C)C(=O)C(C)(C)N2. The summed E-state index contributed by atoms with van der Waals surface area (Å²) in [4.78, 5) is 28.7. The molecule has 0 aliphatic carbocycles. The Bertz CT molecular complexity index is 1500. The van der Waals surface area contributed by atoms with Gasteiger partial charge >= 0.3 is 5.97 Å². The molecule has 3 aromatic rings. The first-order valence-corrected chi connectivity index (χ1v) is 14.5. The normalized spacial score (nSPS) is 14.7. The lowest BCUT2D eigenvalue weighted by Gasteiger charge is -2.39. The number of anilines is 2. The van der Waals surface area contributed by atoms with E-state index in [2.05, 4.69) is 12.2 Å². The molecule has 0 radical (unpaired) electrons. The van der Waals surface area contributed by atoms with E-state index in [0.717, 1.165) is 45.6 Å². The minimum absolute atomic E-state index is 0.0693. The average Bonchev–Trinajstić information content (AvgIpc) is 2.94. The van der Waals surface area contributed by atoms with E-state index in [0.29, 0.717) is 11.5 Å². The Kier molecular flexibility index (Phi) is 9.65. The van der Waals surface area contributed by atoms with E-state index >= 15 is 0 Å². The molecule has 4 rings (SSSR count). The first-order chi connectivity index (χ1) is 20.3. The average molecular weight is 592 g/mol. The maximum Gasteiger partial charge on any atom is 0.320 e. The third-order valence-electron chi connectivity index (χ3n) is 7.44. The topological polar surface area (TPSA) is 80.3 Å². The number of benzene rings is 3. The van der Waals surface area contributed by atoms with Crippen LogP contribution in [0.15, 0.2) is 48.5 Å². The molecule has 0 spiro atoms. The minimum atomic E-state index is -0.772. The van der Waals surface area contributed by atoms with E-state index in [1.807, 2.05) is 65.2 Å². The third-order valence-corrected chi connectivity index (χ3v) is 7.44. The predicted octanol–water partition coefficient (Wildman–Crippen LogP) is 5.98. The van der Waals surface area contributed by atoms with Crippen molar-refractivity contribution in [3.63, 3.8) is 0 Å². The second-order valence-electron chi connectivity index (χ2n) is 11.8. The molecule has 0 saturated heterocycles. The lowest BCUT2D eigenvalue weighted by Crippen LogP contribution is -2.52. The summed E-state index contributed by atoms with van der Waals surface area (Å²) in [6.45, 7) is 10.0. The lowest BCUT2D eigenvalue weighted by atomic mass is 9.90. The van der Waals surface area contributed by atoms with Gasteiger partial charge in [-0.3, -0.25) is 14.5 Å². The van der Waals surface area contributed by atoms with Crippen LogP contribution in [0.3, 0.4) is 0 Å². The Hall–Kier alpha value is -4.11. The van der Waals surface area contributed by atoms with E-state index in [-0.39, 0.29) is 37.5 Å². The molecule has 1 amide bonds. The van der Waals surface area contributed by atoms with Crippen LogP contribution in [0, 0.1) is 12.7 Å². The van der Waals surface area contributed by atoms with Gasteiger partial charge in [0, 0.05) is 18.7 Å². The van der Waals surface area contributed by atoms with Crippen LogP contribution in [0.5, 0.6) is 11.5 Å². The van der Waals surface area contributed by atoms with Crippen LogP contribution < -0.4 is 19.7 Å². The third kappa shape index (κ3) is 7.28. The maximum absolute atomic E-state index is 14.1. The highest BCUT2D eigenvalue weighted by Crippen LogP contribution is 2.43. The number of amides is 1. The second-order valence-corrected chi connectivity index (χ2v) is 11.8. The molecular weight excluding hydrogens is 549 g/mol. The van der Waals surface area contributed by atoms with Crippen molar-refractivity contribution in [1.29, 1.82) is 0 Å². The van der Waals surface area contributed by atoms with Gasteiger partial charge in [0.05, 0.1) is 17.9 Å². The number of carbonyl (C=O) groups is 2. The van der Waals surface area contributed by atoms with Crippen molar-refractivity contribution < 1.29 is 28.2 Å². The highest BCUT2D eigenvalue weighted by atomic mass is 19.1. The summed E-state index contributed by atoms with van der Waals surface area (Å²) < 4.78 is 31.7. The zero-order valence-electron chi connectivity index (χ0n) is 26.3. The summed E-state index contributed by atoms with van der Waals surface area (Å²) in [7, 11) is 5.40. The fraction of sp³-hybridized carbons (Fsp3) is 0.412. The Morgan fingerprint density at radius 1 is 1.07 bits per heavy atom. The number of fused-ring (bicyclic) bond motifs is 1. The highest BCUT2D eigenvalue weighted by Gasteiger charge is 2.38. The number of aryl methyl sites for hydroxylation is 2. The number of halogens is 1. The summed E-state index contributed by atoms with van der Waals surface area (Å²) in [6, 6.07) is 14.4. The summed E-state index contributed by atoms with van der Waals surface area (Å²) >= 11 is 0. The van der Waals surface area contributed by atoms with Gasteiger partial charge in [0.15, 0.2) is 0 Å². The summed E-state index contributed by atoms with van der Waals surface area (Å²) in [5.41, 5.74) is 5.32. The number of rotatable bonds is 11. The molecule has 1 N–H and O–H groups in total. The molecular formula is C34H42FN3O5. The number of nitrogens with zero attached hydrogens (tertiary/aromatic N) is 2. The molecule has 1 aliphatic rings. The van der Waals surface area contributed by atoms with Crippen molar-refractivity contribution >= 4 is 23.3 Å². The van der Waals surface area contributed by atoms with E-state index in [1.54, 1.807) is 29.8 Å². The van der Waals surface area contributed by atoms with Crippen LogP contribution in [-0.4, -0.2) is 62.7 Å². The van der Waals surface area contributed by atoms with Crippen molar-refractivity contribution in [1.82, 2.24) is 4.90 Å². The number of carbonyl (C=O) groups excluding carboxylic acids is 2. The van der Waals surface area contributed by atoms with Crippen LogP contribution in [0.25, 0.3) is 11.1 Å². The van der Waals surface area contributed by atoms with Gasteiger partial charge in [-0.25, -0.2) is 4.39 Å². The molecule has 0 aromatic heterocycles. The lowest BCUT2D eigenvalue weighted by molar-refractivity contribution is -0.150. The molecule has 0 saturated carbocycles. The fourth-order valence-corrected chi connectivity index (χ4v) is 5.29. The first-order valence-electron chi connectivity index (χ1n) is 14.5. The number of hydrogen-bond acceptors (Lipinski definition) is 7. The second kappa shape index (κ2) is 13.0. The van der Waals surface area contributed by atoms with Crippen LogP contribution in [0.2, 0.25) is 0 Å². The number of likely N-dealkylation sites (N-methyl/N-ethyl adjacent to an activating group) is 2. The van der Waals surface area contributed by atoms with Crippen molar-refractivity contribution in [3.05, 3.63) is 71.0 Å². The Morgan fingerprint density at radius 3 is 2.49 bits per heavy atom. The van der Waals surface area contributed by atoms with Gasteiger partial charge in [-0.1, -0.05) is 25.1 Å². The first kappa shape index (κ1) is 31.8. The highest BCUT2D eigenvalue weighted by molar-refractivity contribution is 6.08. The predicted molar refractivity (Wildman–Crippen MR) is 167 cm³/mol. The Morgan fingerprint density at radius 2 is 1.79 bits per heavy atom. The molecule has 0 fully saturated rings. The van der Waals surface area contributed by atoms with E-state index in [4.69, 9.17) is 14.2 Å². The van der Waals surface area contributed by atoms with Crippen molar-refractivity contribution in [3.8, 4) is 22.6 Å². The molecule has 8 nitrogen and oxygen atoms in total. The van der Waals surface area contributed by atoms with Crippen molar-refractivity contribution in [2.45, 2.75) is 59.3 Å². The number of nitrogens with one attached hydrogen (secondary N) is 1. The van der Waals surface area contributed by atoms with E-state index < -0.39 is 11.6 Å². The largest absolute Gasteiger partial charge is 0.490 e. The minimum Gasteiger partial charge on any atom is -0.490 e. The van der Waals surface area contributed by atoms with E-state index in [1.165, 1.54) is 12.1 Å². The molecule has 1 atom stereocenters. The number of ether oxygens (including phenoxy) is 3. The maximum atomic E-state index is 14.1. The Labute approximate surface area is 253 Å². The molecule has 9 heteroatoms. The molecule has 1 heterocycles. The van der Waals surface area contributed by atoms with Crippen LogP contribution >= 0.6 is 0 Å². The van der Waals surface area contributed by atoms with Gasteiger partial charge < -0.3 is 24.4 Å². The quantitative estimate of drug-likeness (QED) is 0.275.